The van der Waals surface area contributed by atoms with Gasteiger partial charge in [-0.2, -0.15) is 0 Å². The molecule has 0 fully saturated rings. The quantitative estimate of drug-likeness (QED) is 0.213. The van der Waals surface area contributed by atoms with Crippen molar-refractivity contribution < 1.29 is 28.5 Å². The second-order valence-corrected chi connectivity index (χ2v) is 6.97. The van der Waals surface area contributed by atoms with Crippen LogP contribution in [0, 0.1) is 0 Å². The van der Waals surface area contributed by atoms with E-state index in [1.165, 1.54) is 19.3 Å². The summed E-state index contributed by atoms with van der Waals surface area (Å²) in [5.74, 6) is 0.110. The van der Waals surface area contributed by atoms with Gasteiger partial charge >= 0.3 is 0 Å². The zero-order chi connectivity index (χ0) is 22.0. The maximum atomic E-state index is 11.8. The van der Waals surface area contributed by atoms with Gasteiger partial charge in [0.05, 0.1) is 52.9 Å². The van der Waals surface area contributed by atoms with E-state index in [1.54, 1.807) is 0 Å². The third-order valence-electron chi connectivity index (χ3n) is 4.33. The van der Waals surface area contributed by atoms with Gasteiger partial charge in [-0.25, -0.2) is 0 Å². The van der Waals surface area contributed by atoms with Crippen LogP contribution >= 0.6 is 0 Å². The summed E-state index contributed by atoms with van der Waals surface area (Å²) < 4.78 is 26.9. The summed E-state index contributed by atoms with van der Waals surface area (Å²) in [5, 5.41) is 5.91. The molecule has 2 N–H and O–H groups in total. The Morgan fingerprint density at radius 3 is 1.67 bits per heavy atom. The zero-order valence-corrected chi connectivity index (χ0v) is 19.4. The Morgan fingerprint density at radius 2 is 1.10 bits per heavy atom. The molecule has 0 saturated heterocycles. The molecule has 0 aromatic rings. The molecule has 180 valence electrons. The molecule has 0 radical (unpaired) electrons. The van der Waals surface area contributed by atoms with E-state index >= 15 is 0 Å². The third-order valence-corrected chi connectivity index (χ3v) is 4.33. The van der Waals surface area contributed by atoms with E-state index < -0.39 is 0 Å². The first kappa shape index (κ1) is 29.2. The molecule has 0 aliphatic rings. The van der Waals surface area contributed by atoms with Crippen LogP contribution in [-0.4, -0.2) is 92.1 Å². The summed E-state index contributed by atoms with van der Waals surface area (Å²) >= 11 is 0. The second kappa shape index (κ2) is 26.3. The molecule has 0 aliphatic heterocycles. The number of nitrogens with one attached hydrogen (secondary N) is 2. The maximum Gasteiger partial charge on any atom is 0.220 e. The van der Waals surface area contributed by atoms with Crippen LogP contribution in [0.2, 0.25) is 0 Å². The van der Waals surface area contributed by atoms with Gasteiger partial charge in [0, 0.05) is 32.7 Å². The molecule has 0 saturated carbocycles. The van der Waals surface area contributed by atoms with Crippen molar-refractivity contribution in [2.24, 2.45) is 0 Å². The summed E-state index contributed by atoms with van der Waals surface area (Å²) in [5.41, 5.74) is 0. The average molecular weight is 435 g/mol. The SMILES string of the molecule is CCOCCCCCCCCC(=O)NCCOCCOCCOCCOCCNC. The van der Waals surface area contributed by atoms with E-state index in [0.29, 0.717) is 65.8 Å². The molecule has 0 rings (SSSR count). The Labute approximate surface area is 183 Å². The van der Waals surface area contributed by atoms with Gasteiger partial charge in [-0.05, 0) is 26.8 Å². The Balaban J connectivity index is 3.12. The largest absolute Gasteiger partial charge is 0.382 e. The topological polar surface area (TPSA) is 87.3 Å². The number of likely N-dealkylation sites (N-methyl/N-ethyl adjacent to an activating group) is 1. The molecule has 1 amide bonds. The number of ether oxygens (including phenoxy) is 5. The molecule has 0 aliphatic carbocycles. The van der Waals surface area contributed by atoms with Crippen LogP contribution in [0.1, 0.15) is 51.9 Å². The van der Waals surface area contributed by atoms with E-state index in [-0.39, 0.29) is 5.91 Å². The van der Waals surface area contributed by atoms with Crippen molar-refractivity contribution in [1.82, 2.24) is 10.6 Å². The summed E-state index contributed by atoms with van der Waals surface area (Å²) in [4.78, 5) is 11.8. The zero-order valence-electron chi connectivity index (χ0n) is 19.4. The lowest BCUT2D eigenvalue weighted by atomic mass is 10.1. The first-order valence-electron chi connectivity index (χ1n) is 11.6. The number of amides is 1. The van der Waals surface area contributed by atoms with Crippen molar-refractivity contribution in [2.75, 3.05) is 86.2 Å². The monoisotopic (exact) mass is 434 g/mol. The molecule has 0 aromatic heterocycles. The number of unbranched alkanes of at least 4 members (excludes halogenated alkanes) is 5. The fourth-order valence-electron chi connectivity index (χ4n) is 2.63. The van der Waals surface area contributed by atoms with Gasteiger partial charge in [0.1, 0.15) is 0 Å². The van der Waals surface area contributed by atoms with E-state index in [0.717, 1.165) is 39.0 Å². The summed E-state index contributed by atoms with van der Waals surface area (Å²) in [7, 11) is 1.90. The lowest BCUT2D eigenvalue weighted by Gasteiger charge is -2.08. The minimum atomic E-state index is 0.110. The summed E-state index contributed by atoms with van der Waals surface area (Å²) in [6.45, 7) is 9.64. The Morgan fingerprint density at radius 1 is 0.600 bits per heavy atom. The number of carbonyl (C=O) groups is 1. The van der Waals surface area contributed by atoms with Gasteiger partial charge in [0.25, 0.3) is 0 Å². The van der Waals surface area contributed by atoms with Gasteiger partial charge in [-0.3, -0.25) is 4.79 Å². The molecule has 8 nitrogen and oxygen atoms in total. The highest BCUT2D eigenvalue weighted by Gasteiger charge is 2.00. The van der Waals surface area contributed by atoms with E-state index in [1.807, 2.05) is 14.0 Å². The third kappa shape index (κ3) is 25.3. The van der Waals surface area contributed by atoms with Crippen LogP contribution in [0.25, 0.3) is 0 Å². The number of carbonyl (C=O) groups excluding carboxylic acids is 1. The van der Waals surface area contributed by atoms with Gasteiger partial charge < -0.3 is 34.3 Å². The number of hydrogen-bond donors (Lipinski definition) is 2. The molecule has 0 atom stereocenters. The highest BCUT2D eigenvalue weighted by molar-refractivity contribution is 5.75. The van der Waals surface area contributed by atoms with Crippen molar-refractivity contribution in [2.45, 2.75) is 51.9 Å². The normalized spacial score (nSPS) is 11.1. The fourth-order valence-corrected chi connectivity index (χ4v) is 2.63. The van der Waals surface area contributed by atoms with E-state index in [4.69, 9.17) is 23.7 Å². The lowest BCUT2D eigenvalue weighted by Crippen LogP contribution is -2.27. The standard InChI is InChI=1S/C22H46N2O6/c1-3-26-13-9-7-5-4-6-8-10-22(25)24-12-15-28-17-19-30-21-20-29-18-16-27-14-11-23-2/h23H,3-21H2,1-2H3,(H,24,25). The predicted molar refractivity (Wildman–Crippen MR) is 119 cm³/mol. The Bertz CT molecular complexity index is 348. The van der Waals surface area contributed by atoms with Gasteiger partial charge in [0.2, 0.25) is 5.91 Å². The van der Waals surface area contributed by atoms with Gasteiger partial charge in [-0.15, -0.1) is 0 Å². The lowest BCUT2D eigenvalue weighted by molar-refractivity contribution is -0.121. The minimum absolute atomic E-state index is 0.110. The smallest absolute Gasteiger partial charge is 0.220 e. The predicted octanol–water partition coefficient (Wildman–Crippen LogP) is 2.16. The molecule has 0 aromatic carbocycles. The molecular weight excluding hydrogens is 388 g/mol. The molecule has 30 heavy (non-hydrogen) atoms. The molecule has 8 heteroatoms. The Kier molecular flexibility index (Phi) is 25.6. The molecular formula is C22H46N2O6. The van der Waals surface area contributed by atoms with Crippen LogP contribution in [0.15, 0.2) is 0 Å². The summed E-state index contributed by atoms with van der Waals surface area (Å²) in [6, 6.07) is 0. The first-order chi connectivity index (χ1) is 14.8. The van der Waals surface area contributed by atoms with Gasteiger partial charge in [0.15, 0.2) is 0 Å². The molecule has 0 bridgehead atoms. The highest BCUT2D eigenvalue weighted by atomic mass is 16.6. The molecule has 0 heterocycles. The molecule has 0 spiro atoms. The van der Waals surface area contributed by atoms with Crippen molar-refractivity contribution >= 4 is 5.91 Å². The Hall–Kier alpha value is -0.770. The van der Waals surface area contributed by atoms with Crippen LogP contribution in [-0.2, 0) is 28.5 Å². The van der Waals surface area contributed by atoms with Crippen LogP contribution in [0.5, 0.6) is 0 Å². The van der Waals surface area contributed by atoms with Crippen LogP contribution in [0.3, 0.4) is 0 Å². The first-order valence-corrected chi connectivity index (χ1v) is 11.6. The van der Waals surface area contributed by atoms with Crippen molar-refractivity contribution in [3.8, 4) is 0 Å². The number of hydrogen-bond acceptors (Lipinski definition) is 7. The average Bonchev–Trinajstić information content (AvgIpc) is 2.75. The minimum Gasteiger partial charge on any atom is -0.382 e. The van der Waals surface area contributed by atoms with Crippen molar-refractivity contribution in [3.63, 3.8) is 0 Å². The van der Waals surface area contributed by atoms with E-state index in [2.05, 4.69) is 10.6 Å². The van der Waals surface area contributed by atoms with Crippen LogP contribution < -0.4 is 10.6 Å². The van der Waals surface area contributed by atoms with E-state index in [9.17, 15) is 4.79 Å². The highest BCUT2D eigenvalue weighted by Crippen LogP contribution is 2.07. The molecule has 0 unspecified atom stereocenters. The fraction of sp³-hybridized carbons (Fsp3) is 0.955. The maximum absolute atomic E-state index is 11.8. The van der Waals surface area contributed by atoms with Gasteiger partial charge in [-0.1, -0.05) is 25.7 Å². The number of rotatable bonds is 25. The van der Waals surface area contributed by atoms with Crippen LogP contribution in [0.4, 0.5) is 0 Å². The second-order valence-electron chi connectivity index (χ2n) is 6.97. The van der Waals surface area contributed by atoms with Crippen molar-refractivity contribution in [1.29, 1.82) is 0 Å². The van der Waals surface area contributed by atoms with Crippen molar-refractivity contribution in [3.05, 3.63) is 0 Å². The summed E-state index contributed by atoms with van der Waals surface area (Å²) in [6.07, 6.45) is 7.44.